The zero-order chi connectivity index (χ0) is 12.8. The molecular weight excluding hydrogens is 246 g/mol. The smallest absolute Gasteiger partial charge is 0.233 e. The molecule has 2 rings (SSSR count). The Bertz CT molecular complexity index is 273. The van der Waals surface area contributed by atoms with Gasteiger partial charge in [0.25, 0.3) is 0 Å². The van der Waals surface area contributed by atoms with Crippen molar-refractivity contribution in [3.05, 3.63) is 0 Å². The molecule has 0 unspecified atom stereocenters. The van der Waals surface area contributed by atoms with Gasteiger partial charge in [0, 0.05) is 36.7 Å². The van der Waals surface area contributed by atoms with E-state index in [1.165, 1.54) is 56.7 Å². The van der Waals surface area contributed by atoms with Crippen molar-refractivity contribution in [3.8, 4) is 0 Å². The first-order valence-electron chi connectivity index (χ1n) is 7.06. The molecule has 1 aliphatic heterocycles. The van der Waals surface area contributed by atoms with E-state index >= 15 is 0 Å². The highest BCUT2D eigenvalue weighted by Gasteiger charge is 2.38. The molecule has 1 heterocycles. The van der Waals surface area contributed by atoms with Gasteiger partial charge in [0.15, 0.2) is 0 Å². The fraction of sp³-hybridized carbons (Fsp3) is 0.923. The zero-order valence-electron chi connectivity index (χ0n) is 11.1. The number of nitrogens with two attached hydrogens (primary N) is 1. The van der Waals surface area contributed by atoms with Gasteiger partial charge in [0.05, 0.1) is 6.54 Å². The maximum absolute atomic E-state index is 11.4. The van der Waals surface area contributed by atoms with Gasteiger partial charge < -0.3 is 11.1 Å². The molecule has 1 saturated heterocycles. The van der Waals surface area contributed by atoms with E-state index in [9.17, 15) is 4.79 Å². The minimum Gasteiger partial charge on any atom is -0.353 e. The summed E-state index contributed by atoms with van der Waals surface area (Å²) in [5.74, 6) is 2.44. The molecule has 0 bridgehead atoms. The van der Waals surface area contributed by atoms with Gasteiger partial charge in [-0.3, -0.25) is 9.69 Å². The molecule has 4 nitrogen and oxygen atoms in total. The number of hydrogen-bond donors (Lipinski definition) is 2. The van der Waals surface area contributed by atoms with Gasteiger partial charge in [-0.05, 0) is 12.8 Å². The van der Waals surface area contributed by atoms with Crippen LogP contribution in [0, 0.1) is 0 Å². The van der Waals surface area contributed by atoms with Crippen LogP contribution in [0.4, 0.5) is 0 Å². The maximum Gasteiger partial charge on any atom is 0.233 e. The predicted octanol–water partition coefficient (Wildman–Crippen LogP) is 0.813. The average molecular weight is 271 g/mol. The van der Waals surface area contributed by atoms with Crippen molar-refractivity contribution in [3.63, 3.8) is 0 Å². The summed E-state index contributed by atoms with van der Waals surface area (Å²) in [7, 11) is 0. The Labute approximate surface area is 114 Å². The largest absolute Gasteiger partial charge is 0.353 e. The normalized spacial score (nSPS) is 24.7. The minimum atomic E-state index is -0.0219. The highest BCUT2D eigenvalue weighted by Crippen LogP contribution is 2.34. The summed E-state index contributed by atoms with van der Waals surface area (Å²) in [4.78, 5) is 14.0. The molecule has 104 valence electrons. The number of hydrogen-bond acceptors (Lipinski definition) is 4. The number of amides is 1. The van der Waals surface area contributed by atoms with Crippen LogP contribution in [-0.2, 0) is 4.79 Å². The second-order valence-electron chi connectivity index (χ2n) is 5.37. The summed E-state index contributed by atoms with van der Waals surface area (Å²) >= 11 is 2.04. The first-order chi connectivity index (χ1) is 8.77. The van der Waals surface area contributed by atoms with Gasteiger partial charge in [-0.2, -0.15) is 11.8 Å². The lowest BCUT2D eigenvalue weighted by Gasteiger charge is -2.48. The minimum absolute atomic E-state index is 0.0219. The molecule has 2 fully saturated rings. The summed E-state index contributed by atoms with van der Waals surface area (Å²) < 4.78 is 0. The third-order valence-electron chi connectivity index (χ3n) is 4.27. The van der Waals surface area contributed by atoms with Gasteiger partial charge in [0.2, 0.25) is 5.91 Å². The molecule has 1 aliphatic carbocycles. The van der Waals surface area contributed by atoms with Crippen molar-refractivity contribution in [1.29, 1.82) is 0 Å². The maximum atomic E-state index is 11.4. The topological polar surface area (TPSA) is 58.4 Å². The van der Waals surface area contributed by atoms with E-state index in [4.69, 9.17) is 5.73 Å². The predicted molar refractivity (Wildman–Crippen MR) is 76.8 cm³/mol. The highest BCUT2D eigenvalue weighted by atomic mass is 32.2. The summed E-state index contributed by atoms with van der Waals surface area (Å²) in [6.07, 6.45) is 6.38. The molecule has 0 aromatic carbocycles. The molecule has 18 heavy (non-hydrogen) atoms. The van der Waals surface area contributed by atoms with Crippen LogP contribution in [0.1, 0.15) is 32.1 Å². The van der Waals surface area contributed by atoms with Crippen LogP contribution >= 0.6 is 11.8 Å². The van der Waals surface area contributed by atoms with Gasteiger partial charge in [0.1, 0.15) is 0 Å². The molecule has 0 radical (unpaired) electrons. The number of carbonyl (C=O) groups excluding carboxylic acids is 1. The number of carbonyl (C=O) groups is 1. The van der Waals surface area contributed by atoms with Crippen molar-refractivity contribution in [2.45, 2.75) is 37.6 Å². The summed E-state index contributed by atoms with van der Waals surface area (Å²) in [6.45, 7) is 3.23. The summed E-state index contributed by atoms with van der Waals surface area (Å²) in [5, 5.41) is 3.03. The Morgan fingerprint density at radius 2 is 1.89 bits per heavy atom. The van der Waals surface area contributed by atoms with E-state index in [2.05, 4.69) is 10.2 Å². The fourth-order valence-electron chi connectivity index (χ4n) is 3.19. The lowest BCUT2D eigenvalue weighted by molar-refractivity contribution is -0.120. The van der Waals surface area contributed by atoms with Crippen LogP contribution < -0.4 is 11.1 Å². The molecule has 0 aromatic heterocycles. The number of nitrogens with zero attached hydrogens (tertiary/aromatic N) is 1. The Morgan fingerprint density at radius 3 is 2.50 bits per heavy atom. The first-order valence-corrected chi connectivity index (χ1v) is 8.22. The SMILES string of the molecule is NCC(=O)NCC1(N2CCSCC2)CCCCC1. The number of nitrogens with one attached hydrogen (secondary N) is 1. The summed E-state index contributed by atoms with van der Waals surface area (Å²) in [5.41, 5.74) is 5.59. The summed E-state index contributed by atoms with van der Waals surface area (Å²) in [6, 6.07) is 0. The Morgan fingerprint density at radius 1 is 1.22 bits per heavy atom. The van der Waals surface area contributed by atoms with Crippen molar-refractivity contribution in [1.82, 2.24) is 10.2 Å². The molecule has 3 N–H and O–H groups in total. The second-order valence-corrected chi connectivity index (χ2v) is 6.59. The van der Waals surface area contributed by atoms with E-state index in [0.717, 1.165) is 6.54 Å². The van der Waals surface area contributed by atoms with Crippen LogP contribution in [0.2, 0.25) is 0 Å². The molecule has 1 amide bonds. The molecule has 0 aromatic rings. The third-order valence-corrected chi connectivity index (χ3v) is 5.21. The van der Waals surface area contributed by atoms with E-state index in [1.807, 2.05) is 11.8 Å². The van der Waals surface area contributed by atoms with E-state index in [-0.39, 0.29) is 18.0 Å². The lowest BCUT2D eigenvalue weighted by atomic mass is 9.80. The molecule has 0 atom stereocenters. The first kappa shape index (κ1) is 14.2. The van der Waals surface area contributed by atoms with Gasteiger partial charge in [-0.15, -0.1) is 0 Å². The fourth-order valence-corrected chi connectivity index (χ4v) is 4.09. The van der Waals surface area contributed by atoms with E-state index < -0.39 is 0 Å². The lowest BCUT2D eigenvalue weighted by Crippen LogP contribution is -2.59. The van der Waals surface area contributed by atoms with Crippen molar-refractivity contribution in [2.75, 3.05) is 37.7 Å². The second kappa shape index (κ2) is 6.78. The number of rotatable bonds is 4. The number of thioether (sulfide) groups is 1. The van der Waals surface area contributed by atoms with Gasteiger partial charge in [-0.1, -0.05) is 19.3 Å². The van der Waals surface area contributed by atoms with Crippen molar-refractivity contribution in [2.24, 2.45) is 5.73 Å². The standard InChI is InChI=1S/C13H25N3OS/c14-10-12(17)15-11-13(4-2-1-3-5-13)16-6-8-18-9-7-16/h1-11,14H2,(H,15,17). The van der Waals surface area contributed by atoms with E-state index in [0.29, 0.717) is 0 Å². The average Bonchev–Trinajstić information content (AvgIpc) is 2.46. The van der Waals surface area contributed by atoms with Gasteiger partial charge >= 0.3 is 0 Å². The molecule has 0 spiro atoms. The monoisotopic (exact) mass is 271 g/mol. The van der Waals surface area contributed by atoms with Gasteiger partial charge in [-0.25, -0.2) is 0 Å². The molecule has 5 heteroatoms. The molecular formula is C13H25N3OS. The third kappa shape index (κ3) is 3.39. The van der Waals surface area contributed by atoms with Crippen LogP contribution in [-0.4, -0.2) is 54.0 Å². The molecule has 2 aliphatic rings. The zero-order valence-corrected chi connectivity index (χ0v) is 11.9. The van der Waals surface area contributed by atoms with Crippen LogP contribution in [0.15, 0.2) is 0 Å². The Hall–Kier alpha value is -0.260. The van der Waals surface area contributed by atoms with E-state index in [1.54, 1.807) is 0 Å². The van der Waals surface area contributed by atoms with Crippen LogP contribution in [0.25, 0.3) is 0 Å². The quantitative estimate of drug-likeness (QED) is 0.794. The highest BCUT2D eigenvalue weighted by molar-refractivity contribution is 7.99. The molecule has 1 saturated carbocycles. The van der Waals surface area contributed by atoms with Crippen molar-refractivity contribution < 1.29 is 4.79 Å². The van der Waals surface area contributed by atoms with Crippen LogP contribution in [0.5, 0.6) is 0 Å². The van der Waals surface area contributed by atoms with Crippen molar-refractivity contribution >= 4 is 17.7 Å². The Balaban J connectivity index is 1.99. The Kier molecular flexibility index (Phi) is 5.33. The van der Waals surface area contributed by atoms with Crippen LogP contribution in [0.3, 0.4) is 0 Å².